The van der Waals surface area contributed by atoms with E-state index in [-0.39, 0.29) is 12.5 Å². The normalized spacial score (nSPS) is 12.4. The van der Waals surface area contributed by atoms with Crippen molar-refractivity contribution in [1.29, 1.82) is 0 Å². The summed E-state index contributed by atoms with van der Waals surface area (Å²) >= 11 is 11.9. The molecule has 0 saturated heterocycles. The second kappa shape index (κ2) is 6.42. The first-order valence-electron chi connectivity index (χ1n) is 6.21. The molecular weight excluding hydrogens is 279 g/mol. The molecule has 0 aliphatic rings. The fraction of sp³-hybridized carbons (Fsp3) is 0.250. The number of aryl methyl sites for hydroxylation is 1. The summed E-state index contributed by atoms with van der Waals surface area (Å²) in [6.07, 6.45) is 0.747. The van der Waals surface area contributed by atoms with E-state index in [1.54, 1.807) is 6.07 Å². The molecule has 2 aromatic carbocycles. The maximum Gasteiger partial charge on any atom is 0.0595 e. The van der Waals surface area contributed by atoms with Gasteiger partial charge in [-0.2, -0.15) is 0 Å². The lowest BCUT2D eigenvalue weighted by Gasteiger charge is -2.15. The van der Waals surface area contributed by atoms with E-state index in [4.69, 9.17) is 23.2 Å². The van der Waals surface area contributed by atoms with Crippen molar-refractivity contribution in [2.24, 2.45) is 0 Å². The molecule has 1 nitrogen and oxygen atoms in total. The van der Waals surface area contributed by atoms with Crippen LogP contribution in [-0.2, 0) is 6.42 Å². The number of hydrogen-bond acceptors (Lipinski definition) is 1. The van der Waals surface area contributed by atoms with Gasteiger partial charge in [-0.25, -0.2) is 0 Å². The average molecular weight is 295 g/mol. The van der Waals surface area contributed by atoms with E-state index in [1.165, 1.54) is 5.56 Å². The highest BCUT2D eigenvalue weighted by atomic mass is 35.5. The molecule has 1 N–H and O–H groups in total. The molecule has 100 valence electrons. The van der Waals surface area contributed by atoms with Gasteiger partial charge in [0, 0.05) is 5.92 Å². The molecule has 0 aromatic heterocycles. The summed E-state index contributed by atoms with van der Waals surface area (Å²) in [5, 5.41) is 10.7. The van der Waals surface area contributed by atoms with E-state index in [9.17, 15) is 5.11 Å². The topological polar surface area (TPSA) is 20.2 Å². The van der Waals surface area contributed by atoms with Crippen molar-refractivity contribution in [3.05, 3.63) is 69.2 Å². The summed E-state index contributed by atoms with van der Waals surface area (Å²) in [4.78, 5) is 0. The third kappa shape index (κ3) is 3.73. The van der Waals surface area contributed by atoms with E-state index >= 15 is 0 Å². The van der Waals surface area contributed by atoms with Gasteiger partial charge in [-0.05, 0) is 36.6 Å². The third-order valence-electron chi connectivity index (χ3n) is 3.20. The number of rotatable bonds is 4. The molecular formula is C16H16Cl2O. The lowest BCUT2D eigenvalue weighted by molar-refractivity contribution is 0.264. The zero-order chi connectivity index (χ0) is 13.8. The highest BCUT2D eigenvalue weighted by Crippen LogP contribution is 2.26. The van der Waals surface area contributed by atoms with Gasteiger partial charge >= 0.3 is 0 Å². The van der Waals surface area contributed by atoms with Crippen molar-refractivity contribution in [2.75, 3.05) is 6.61 Å². The van der Waals surface area contributed by atoms with E-state index in [2.05, 4.69) is 19.1 Å². The van der Waals surface area contributed by atoms with Crippen LogP contribution in [0.3, 0.4) is 0 Å². The summed E-state index contributed by atoms with van der Waals surface area (Å²) in [7, 11) is 0. The predicted molar refractivity (Wildman–Crippen MR) is 81.2 cm³/mol. The van der Waals surface area contributed by atoms with Crippen molar-refractivity contribution in [3.63, 3.8) is 0 Å². The monoisotopic (exact) mass is 294 g/mol. The smallest absolute Gasteiger partial charge is 0.0595 e. The van der Waals surface area contributed by atoms with Crippen LogP contribution in [-0.4, -0.2) is 11.7 Å². The summed E-state index contributed by atoms with van der Waals surface area (Å²) in [5.74, 6) is 0.0807. The summed E-state index contributed by atoms with van der Waals surface area (Å²) < 4.78 is 0. The molecule has 19 heavy (non-hydrogen) atoms. The molecule has 0 fully saturated rings. The molecule has 0 spiro atoms. The second-order valence-electron chi connectivity index (χ2n) is 4.75. The molecule has 2 aromatic rings. The van der Waals surface area contributed by atoms with Crippen molar-refractivity contribution in [2.45, 2.75) is 19.3 Å². The summed E-state index contributed by atoms with van der Waals surface area (Å²) in [5.41, 5.74) is 3.42. The zero-order valence-corrected chi connectivity index (χ0v) is 12.2. The van der Waals surface area contributed by atoms with Crippen LogP contribution >= 0.6 is 23.2 Å². The molecule has 2 rings (SSSR count). The van der Waals surface area contributed by atoms with E-state index in [1.807, 2.05) is 24.3 Å². The molecule has 1 unspecified atom stereocenters. The average Bonchev–Trinajstić information content (AvgIpc) is 2.40. The molecule has 0 aliphatic heterocycles. The Morgan fingerprint density at radius 3 is 2.47 bits per heavy atom. The molecule has 1 atom stereocenters. The van der Waals surface area contributed by atoms with Gasteiger partial charge in [0.2, 0.25) is 0 Å². The molecule has 0 heterocycles. The minimum atomic E-state index is 0.0807. The zero-order valence-electron chi connectivity index (χ0n) is 10.7. The Hall–Kier alpha value is -1.02. The molecule has 0 radical (unpaired) electrons. The molecule has 0 bridgehead atoms. The van der Waals surface area contributed by atoms with Gasteiger partial charge < -0.3 is 5.11 Å². The van der Waals surface area contributed by atoms with Gasteiger partial charge in [0.25, 0.3) is 0 Å². The quantitative estimate of drug-likeness (QED) is 0.872. The van der Waals surface area contributed by atoms with E-state index in [0.717, 1.165) is 17.5 Å². The fourth-order valence-electron chi connectivity index (χ4n) is 2.16. The summed E-state index contributed by atoms with van der Waals surface area (Å²) in [6.45, 7) is 2.17. The Morgan fingerprint density at radius 2 is 1.84 bits per heavy atom. The Labute approximate surface area is 123 Å². The first-order valence-corrected chi connectivity index (χ1v) is 6.97. The molecule has 0 amide bonds. The minimum absolute atomic E-state index is 0.0807. The Morgan fingerprint density at radius 1 is 1.05 bits per heavy atom. The van der Waals surface area contributed by atoms with Gasteiger partial charge in [0.1, 0.15) is 0 Å². The highest BCUT2D eigenvalue weighted by Gasteiger charge is 2.12. The van der Waals surface area contributed by atoms with Crippen LogP contribution in [0.2, 0.25) is 10.0 Å². The number of aliphatic hydroxyl groups excluding tert-OH is 1. The maximum atomic E-state index is 9.60. The number of hydrogen-bond donors (Lipinski definition) is 1. The third-order valence-corrected chi connectivity index (χ3v) is 3.94. The number of halogens is 2. The van der Waals surface area contributed by atoms with Crippen molar-refractivity contribution in [3.8, 4) is 0 Å². The Balaban J connectivity index is 2.21. The van der Waals surface area contributed by atoms with Crippen molar-refractivity contribution >= 4 is 23.2 Å². The van der Waals surface area contributed by atoms with Crippen LogP contribution in [0.4, 0.5) is 0 Å². The maximum absolute atomic E-state index is 9.60. The standard InChI is InChI=1S/C16H16Cl2O/c1-11-3-2-4-13(7-11)14(10-19)8-12-5-6-15(17)16(18)9-12/h2-7,9,14,19H,8,10H2,1H3. The van der Waals surface area contributed by atoms with Gasteiger partial charge in [-0.3, -0.25) is 0 Å². The first kappa shape index (κ1) is 14.4. The molecule has 0 saturated carbocycles. The first-order chi connectivity index (χ1) is 9.10. The van der Waals surface area contributed by atoms with Crippen LogP contribution in [0, 0.1) is 6.92 Å². The van der Waals surface area contributed by atoms with Crippen LogP contribution in [0.5, 0.6) is 0 Å². The number of aliphatic hydroxyl groups is 1. The fourth-order valence-corrected chi connectivity index (χ4v) is 2.48. The second-order valence-corrected chi connectivity index (χ2v) is 5.56. The predicted octanol–water partition coefficient (Wildman–Crippen LogP) is 4.62. The molecule has 3 heteroatoms. The lowest BCUT2D eigenvalue weighted by atomic mass is 9.92. The van der Waals surface area contributed by atoms with Crippen LogP contribution < -0.4 is 0 Å². The van der Waals surface area contributed by atoms with Gasteiger partial charge in [0.15, 0.2) is 0 Å². The van der Waals surface area contributed by atoms with E-state index in [0.29, 0.717) is 10.0 Å². The van der Waals surface area contributed by atoms with Gasteiger partial charge in [0.05, 0.1) is 16.7 Å². The van der Waals surface area contributed by atoms with Crippen LogP contribution in [0.25, 0.3) is 0 Å². The van der Waals surface area contributed by atoms with Gasteiger partial charge in [-0.1, -0.05) is 59.1 Å². The van der Waals surface area contributed by atoms with Crippen LogP contribution in [0.15, 0.2) is 42.5 Å². The largest absolute Gasteiger partial charge is 0.396 e. The van der Waals surface area contributed by atoms with Crippen LogP contribution in [0.1, 0.15) is 22.6 Å². The minimum Gasteiger partial charge on any atom is -0.396 e. The molecule has 0 aliphatic carbocycles. The Bertz CT molecular complexity index is 566. The van der Waals surface area contributed by atoms with Crippen molar-refractivity contribution in [1.82, 2.24) is 0 Å². The lowest BCUT2D eigenvalue weighted by Crippen LogP contribution is -2.08. The SMILES string of the molecule is Cc1cccc(C(CO)Cc2ccc(Cl)c(Cl)c2)c1. The van der Waals surface area contributed by atoms with E-state index < -0.39 is 0 Å². The summed E-state index contributed by atoms with van der Waals surface area (Å²) in [6, 6.07) is 13.8. The van der Waals surface area contributed by atoms with Crippen molar-refractivity contribution < 1.29 is 5.11 Å². The van der Waals surface area contributed by atoms with Gasteiger partial charge in [-0.15, -0.1) is 0 Å². The number of benzene rings is 2. The Kier molecular flexibility index (Phi) is 4.87. The highest BCUT2D eigenvalue weighted by molar-refractivity contribution is 6.42.